The number of carbonyl (C=O) groups excluding carboxylic acids is 1. The Balaban J connectivity index is 1.63. The first-order valence-corrected chi connectivity index (χ1v) is 11.7. The van der Waals surface area contributed by atoms with Crippen LogP contribution in [0.3, 0.4) is 0 Å². The lowest BCUT2D eigenvalue weighted by atomic mass is 10.1. The van der Waals surface area contributed by atoms with E-state index < -0.39 is 0 Å². The zero-order valence-corrected chi connectivity index (χ0v) is 20.2. The summed E-state index contributed by atoms with van der Waals surface area (Å²) in [6.45, 7) is 5.29. The number of methoxy groups -OCH3 is 1. The zero-order chi connectivity index (χ0) is 22.7. The van der Waals surface area contributed by atoms with E-state index >= 15 is 0 Å². The number of amides is 1. The highest BCUT2D eigenvalue weighted by molar-refractivity contribution is 9.10. The van der Waals surface area contributed by atoms with Crippen molar-refractivity contribution < 1.29 is 14.3 Å². The third kappa shape index (κ3) is 4.50. The Morgan fingerprint density at radius 3 is 2.81 bits per heavy atom. The van der Waals surface area contributed by atoms with Crippen LogP contribution < -0.4 is 14.8 Å². The molecule has 2 aromatic carbocycles. The summed E-state index contributed by atoms with van der Waals surface area (Å²) in [5.41, 5.74) is 3.12. The van der Waals surface area contributed by atoms with E-state index in [0.717, 1.165) is 54.3 Å². The van der Waals surface area contributed by atoms with Crippen molar-refractivity contribution in [3.05, 3.63) is 51.8 Å². The van der Waals surface area contributed by atoms with Crippen molar-refractivity contribution in [2.24, 2.45) is 0 Å². The van der Waals surface area contributed by atoms with Crippen molar-refractivity contribution in [3.8, 4) is 22.9 Å². The first kappa shape index (κ1) is 22.3. The van der Waals surface area contributed by atoms with Crippen molar-refractivity contribution in [1.29, 1.82) is 0 Å². The Labute approximate surface area is 196 Å². The number of ether oxygens (including phenoxy) is 2. The van der Waals surface area contributed by atoms with Crippen molar-refractivity contribution in [1.82, 2.24) is 14.8 Å². The van der Waals surface area contributed by atoms with Gasteiger partial charge in [-0.1, -0.05) is 18.6 Å². The minimum Gasteiger partial charge on any atom is -0.493 e. The van der Waals surface area contributed by atoms with Crippen LogP contribution in [0.4, 0.5) is 5.69 Å². The van der Waals surface area contributed by atoms with Crippen LogP contribution >= 0.6 is 15.9 Å². The van der Waals surface area contributed by atoms with Crippen molar-refractivity contribution >= 4 is 27.5 Å². The predicted molar refractivity (Wildman–Crippen MR) is 128 cm³/mol. The molecule has 0 bridgehead atoms. The molecule has 3 aromatic rings. The molecule has 0 saturated carbocycles. The lowest BCUT2D eigenvalue weighted by Gasteiger charge is -2.15. The van der Waals surface area contributed by atoms with Gasteiger partial charge in [-0.05, 0) is 66.4 Å². The first-order valence-electron chi connectivity index (χ1n) is 10.9. The van der Waals surface area contributed by atoms with Crippen LogP contribution in [-0.4, -0.2) is 34.4 Å². The molecule has 0 unspecified atom stereocenters. The number of carbonyl (C=O) groups is 1. The normalized spacial score (nSPS) is 13.2. The van der Waals surface area contributed by atoms with Crippen molar-refractivity contribution in [3.63, 3.8) is 0 Å². The number of aromatic nitrogens is 3. The Morgan fingerprint density at radius 2 is 2.03 bits per heavy atom. The number of nitrogens with one attached hydrogen (secondary N) is 1. The van der Waals surface area contributed by atoms with Crippen LogP contribution in [0.2, 0.25) is 0 Å². The van der Waals surface area contributed by atoms with Gasteiger partial charge in [-0.3, -0.25) is 4.79 Å². The summed E-state index contributed by atoms with van der Waals surface area (Å²) in [5, 5.41) is 11.9. The molecule has 0 spiro atoms. The van der Waals surface area contributed by atoms with Crippen molar-refractivity contribution in [2.45, 2.75) is 46.1 Å². The van der Waals surface area contributed by atoms with Gasteiger partial charge in [0.2, 0.25) is 0 Å². The maximum absolute atomic E-state index is 13.1. The van der Waals surface area contributed by atoms with E-state index in [1.807, 2.05) is 32.0 Å². The Bertz CT molecular complexity index is 1140. The first-order chi connectivity index (χ1) is 15.5. The second kappa shape index (κ2) is 9.73. The molecule has 4 rings (SSSR count). The molecule has 0 radical (unpaired) electrons. The fourth-order valence-corrected chi connectivity index (χ4v) is 4.48. The third-order valence-electron chi connectivity index (χ3n) is 5.63. The molecule has 2 heterocycles. The fraction of sp³-hybridized carbons (Fsp3) is 0.375. The summed E-state index contributed by atoms with van der Waals surface area (Å²) in [4.78, 5) is 13.1. The monoisotopic (exact) mass is 498 g/mol. The van der Waals surface area contributed by atoms with E-state index in [2.05, 4.69) is 36.0 Å². The number of anilines is 1. The number of rotatable bonds is 6. The average Bonchev–Trinajstić information content (AvgIpc) is 3.04. The molecule has 1 aliphatic heterocycles. The third-order valence-corrected chi connectivity index (χ3v) is 6.22. The molecule has 168 valence electrons. The lowest BCUT2D eigenvalue weighted by Crippen LogP contribution is -2.13. The molecule has 7 nitrogen and oxygen atoms in total. The molecule has 0 atom stereocenters. The molecule has 1 aromatic heterocycles. The van der Waals surface area contributed by atoms with Gasteiger partial charge in [0.25, 0.3) is 5.91 Å². The van der Waals surface area contributed by atoms with Crippen LogP contribution in [0, 0.1) is 6.92 Å². The summed E-state index contributed by atoms with van der Waals surface area (Å²) in [6, 6.07) is 9.42. The maximum Gasteiger partial charge on any atom is 0.255 e. The van der Waals surface area contributed by atoms with E-state index in [1.165, 1.54) is 6.42 Å². The number of hydrogen-bond donors (Lipinski definition) is 1. The van der Waals surface area contributed by atoms with E-state index in [-0.39, 0.29) is 5.91 Å². The molecule has 0 aliphatic carbocycles. The largest absolute Gasteiger partial charge is 0.493 e. The number of halogens is 1. The summed E-state index contributed by atoms with van der Waals surface area (Å²) in [5.74, 6) is 2.74. The lowest BCUT2D eigenvalue weighted by molar-refractivity contribution is 0.102. The summed E-state index contributed by atoms with van der Waals surface area (Å²) < 4.78 is 13.9. The summed E-state index contributed by atoms with van der Waals surface area (Å²) >= 11 is 3.48. The summed E-state index contributed by atoms with van der Waals surface area (Å²) in [6.07, 6.45) is 4.44. The van der Waals surface area contributed by atoms with E-state index in [1.54, 1.807) is 19.2 Å². The van der Waals surface area contributed by atoms with Gasteiger partial charge in [-0.25, -0.2) is 0 Å². The van der Waals surface area contributed by atoms with Gasteiger partial charge < -0.3 is 19.4 Å². The van der Waals surface area contributed by atoms with Gasteiger partial charge in [0, 0.05) is 29.8 Å². The molecular formula is C24H27BrN4O3. The van der Waals surface area contributed by atoms with Gasteiger partial charge in [0.1, 0.15) is 5.82 Å². The standard InChI is InChI=1S/C24H27BrN4O3/c1-4-32-22-18(25)12-17(14-20(22)31-3)24(30)26-19-13-16(10-9-15(19)2)23-28-27-21-8-6-5-7-11-29(21)23/h9-10,12-14H,4-8,11H2,1-3H3,(H,26,30). The highest BCUT2D eigenvalue weighted by atomic mass is 79.9. The number of hydrogen-bond acceptors (Lipinski definition) is 5. The van der Waals surface area contributed by atoms with Gasteiger partial charge in [-0.15, -0.1) is 10.2 Å². The highest BCUT2D eigenvalue weighted by Crippen LogP contribution is 2.37. The Kier molecular flexibility index (Phi) is 6.79. The molecule has 1 aliphatic rings. The maximum atomic E-state index is 13.1. The van der Waals surface area contributed by atoms with Gasteiger partial charge in [0.05, 0.1) is 18.2 Å². The molecule has 1 amide bonds. The number of fused-ring (bicyclic) bond motifs is 1. The van der Waals surface area contributed by atoms with Crippen LogP contribution in [0.5, 0.6) is 11.5 Å². The SMILES string of the molecule is CCOc1c(Br)cc(C(=O)Nc2cc(-c3nnc4n3CCCCC4)ccc2C)cc1OC. The molecule has 8 heteroatoms. The highest BCUT2D eigenvalue weighted by Gasteiger charge is 2.19. The topological polar surface area (TPSA) is 78.3 Å². The molecule has 32 heavy (non-hydrogen) atoms. The van der Waals surface area contributed by atoms with E-state index in [9.17, 15) is 4.79 Å². The molecule has 0 fully saturated rings. The minimum atomic E-state index is -0.229. The number of benzene rings is 2. The quantitative estimate of drug-likeness (QED) is 0.491. The molecule has 1 N–H and O–H groups in total. The predicted octanol–water partition coefficient (Wildman–Crippen LogP) is 5.40. The van der Waals surface area contributed by atoms with Gasteiger partial charge in [-0.2, -0.15) is 0 Å². The zero-order valence-electron chi connectivity index (χ0n) is 18.6. The van der Waals surface area contributed by atoms with Crippen LogP contribution in [-0.2, 0) is 13.0 Å². The van der Waals surface area contributed by atoms with Crippen LogP contribution in [0.1, 0.15) is 47.9 Å². The van der Waals surface area contributed by atoms with Crippen molar-refractivity contribution in [2.75, 3.05) is 19.0 Å². The fourth-order valence-electron chi connectivity index (χ4n) is 3.92. The van der Waals surface area contributed by atoms with Gasteiger partial charge >= 0.3 is 0 Å². The van der Waals surface area contributed by atoms with E-state index in [0.29, 0.717) is 28.1 Å². The average molecular weight is 499 g/mol. The smallest absolute Gasteiger partial charge is 0.255 e. The summed E-state index contributed by atoms with van der Waals surface area (Å²) in [7, 11) is 1.56. The second-order valence-electron chi connectivity index (χ2n) is 7.81. The Morgan fingerprint density at radius 1 is 1.19 bits per heavy atom. The Hall–Kier alpha value is -2.87. The number of nitrogens with zero attached hydrogens (tertiary/aromatic N) is 3. The molecule has 0 saturated heterocycles. The van der Waals surface area contributed by atoms with Gasteiger partial charge in [0.15, 0.2) is 17.3 Å². The van der Waals surface area contributed by atoms with Crippen LogP contribution in [0.15, 0.2) is 34.8 Å². The van der Waals surface area contributed by atoms with E-state index in [4.69, 9.17) is 9.47 Å². The number of aryl methyl sites for hydroxylation is 2. The second-order valence-corrected chi connectivity index (χ2v) is 8.66. The molecular weight excluding hydrogens is 472 g/mol. The van der Waals surface area contributed by atoms with Crippen LogP contribution in [0.25, 0.3) is 11.4 Å². The minimum absolute atomic E-state index is 0.229.